The number of rotatable bonds is 4. The molecule has 0 saturated carbocycles. The Morgan fingerprint density at radius 2 is 1.95 bits per heavy atom. The van der Waals surface area contributed by atoms with E-state index in [1.807, 2.05) is 36.4 Å². The number of anilines is 1. The number of hydrogen-bond donors (Lipinski definition) is 1. The minimum atomic E-state index is 0.531. The molecule has 0 radical (unpaired) electrons. The molecular weight excluding hydrogens is 272 g/mol. The standard InChI is InChI=1S/C14H12N4OS/c15-11-8-16-7-6-12(11)20-9-13-17-18-14(19-13)10-4-2-1-3-5-10/h1-8H,9,15H2. The van der Waals surface area contributed by atoms with E-state index in [4.69, 9.17) is 10.2 Å². The van der Waals surface area contributed by atoms with Gasteiger partial charge >= 0.3 is 0 Å². The van der Waals surface area contributed by atoms with Gasteiger partial charge in [0.1, 0.15) is 0 Å². The molecule has 3 rings (SSSR count). The second-order valence-corrected chi connectivity index (χ2v) is 5.09. The van der Waals surface area contributed by atoms with Crippen molar-refractivity contribution in [3.05, 3.63) is 54.7 Å². The molecule has 2 heterocycles. The normalized spacial score (nSPS) is 10.6. The first kappa shape index (κ1) is 12.7. The number of thioether (sulfide) groups is 1. The molecule has 0 aliphatic rings. The highest BCUT2D eigenvalue weighted by Gasteiger charge is 2.09. The van der Waals surface area contributed by atoms with Gasteiger partial charge in [0, 0.05) is 16.7 Å². The molecule has 1 aromatic carbocycles. The molecule has 20 heavy (non-hydrogen) atoms. The molecule has 5 nitrogen and oxygen atoms in total. The molecule has 6 heteroatoms. The van der Waals surface area contributed by atoms with Crippen LogP contribution in [0.5, 0.6) is 0 Å². The highest BCUT2D eigenvalue weighted by Crippen LogP contribution is 2.27. The van der Waals surface area contributed by atoms with Crippen molar-refractivity contribution in [3.8, 4) is 11.5 Å². The Morgan fingerprint density at radius 3 is 2.75 bits per heavy atom. The van der Waals surface area contributed by atoms with Gasteiger partial charge in [-0.3, -0.25) is 4.98 Å². The van der Waals surface area contributed by atoms with Crippen LogP contribution < -0.4 is 5.73 Å². The number of nitrogen functional groups attached to an aromatic ring is 1. The number of nitrogens with two attached hydrogens (primary N) is 1. The Hall–Kier alpha value is -2.34. The molecule has 0 aliphatic carbocycles. The number of nitrogens with zero attached hydrogens (tertiary/aromatic N) is 3. The topological polar surface area (TPSA) is 77.8 Å². The Labute approximate surface area is 120 Å². The van der Waals surface area contributed by atoms with E-state index >= 15 is 0 Å². The van der Waals surface area contributed by atoms with E-state index in [-0.39, 0.29) is 0 Å². The average molecular weight is 284 g/mol. The van der Waals surface area contributed by atoms with Gasteiger partial charge in [-0.05, 0) is 18.2 Å². The SMILES string of the molecule is Nc1cnccc1SCc1nnc(-c2ccccc2)o1. The van der Waals surface area contributed by atoms with Crippen LogP contribution >= 0.6 is 11.8 Å². The lowest BCUT2D eigenvalue weighted by Crippen LogP contribution is -1.89. The van der Waals surface area contributed by atoms with Crippen molar-refractivity contribution in [2.75, 3.05) is 5.73 Å². The minimum absolute atomic E-state index is 0.531. The monoisotopic (exact) mass is 284 g/mol. The van der Waals surface area contributed by atoms with Gasteiger partial charge < -0.3 is 10.2 Å². The van der Waals surface area contributed by atoms with Gasteiger partial charge in [0.15, 0.2) is 0 Å². The summed E-state index contributed by atoms with van der Waals surface area (Å²) in [5, 5.41) is 8.09. The first-order valence-electron chi connectivity index (χ1n) is 6.03. The number of hydrogen-bond acceptors (Lipinski definition) is 6. The summed E-state index contributed by atoms with van der Waals surface area (Å²) in [6.07, 6.45) is 3.34. The maximum Gasteiger partial charge on any atom is 0.247 e. The molecule has 0 atom stereocenters. The first-order valence-corrected chi connectivity index (χ1v) is 7.01. The van der Waals surface area contributed by atoms with E-state index in [0.29, 0.717) is 23.2 Å². The van der Waals surface area contributed by atoms with E-state index in [0.717, 1.165) is 10.5 Å². The molecule has 0 amide bonds. The van der Waals surface area contributed by atoms with Gasteiger partial charge in [0.05, 0.1) is 17.6 Å². The van der Waals surface area contributed by atoms with Gasteiger partial charge in [-0.2, -0.15) is 0 Å². The number of aromatic nitrogens is 3. The van der Waals surface area contributed by atoms with E-state index < -0.39 is 0 Å². The Morgan fingerprint density at radius 1 is 1.10 bits per heavy atom. The molecule has 0 fully saturated rings. The summed E-state index contributed by atoms with van der Waals surface area (Å²) in [7, 11) is 0. The third kappa shape index (κ3) is 2.80. The maximum absolute atomic E-state index is 5.83. The van der Waals surface area contributed by atoms with Crippen molar-refractivity contribution >= 4 is 17.4 Å². The first-order chi connectivity index (χ1) is 9.83. The fourth-order valence-electron chi connectivity index (χ4n) is 1.67. The molecule has 0 bridgehead atoms. The van der Waals surface area contributed by atoms with E-state index in [1.54, 1.807) is 24.2 Å². The molecule has 0 spiro atoms. The summed E-state index contributed by atoms with van der Waals surface area (Å²) < 4.78 is 5.63. The third-order valence-electron chi connectivity index (χ3n) is 2.65. The number of benzene rings is 1. The van der Waals surface area contributed by atoms with Crippen molar-refractivity contribution < 1.29 is 4.42 Å². The van der Waals surface area contributed by atoms with Gasteiger partial charge in [-0.1, -0.05) is 18.2 Å². The Balaban J connectivity index is 1.71. The predicted octanol–water partition coefficient (Wildman–Crippen LogP) is 3.01. The van der Waals surface area contributed by atoms with Crippen LogP contribution in [0.3, 0.4) is 0 Å². The van der Waals surface area contributed by atoms with Crippen LogP contribution in [0.4, 0.5) is 5.69 Å². The molecule has 3 aromatic rings. The van der Waals surface area contributed by atoms with Crippen molar-refractivity contribution in [2.45, 2.75) is 10.6 Å². The Bertz CT molecular complexity index is 699. The van der Waals surface area contributed by atoms with Crippen LogP contribution in [-0.2, 0) is 5.75 Å². The van der Waals surface area contributed by atoms with Gasteiger partial charge in [0.2, 0.25) is 11.8 Å². The molecular formula is C14H12N4OS. The maximum atomic E-state index is 5.83. The summed E-state index contributed by atoms with van der Waals surface area (Å²) in [6.45, 7) is 0. The van der Waals surface area contributed by atoms with Gasteiger partial charge in [-0.15, -0.1) is 22.0 Å². The molecule has 2 N–H and O–H groups in total. The van der Waals surface area contributed by atoms with Crippen molar-refractivity contribution in [1.29, 1.82) is 0 Å². The van der Waals surface area contributed by atoms with Crippen LogP contribution in [0.1, 0.15) is 5.89 Å². The van der Waals surface area contributed by atoms with E-state index in [1.165, 1.54) is 0 Å². The molecule has 0 aliphatic heterocycles. The average Bonchev–Trinajstić information content (AvgIpc) is 2.96. The van der Waals surface area contributed by atoms with Gasteiger partial charge in [0.25, 0.3) is 0 Å². The van der Waals surface area contributed by atoms with Gasteiger partial charge in [-0.25, -0.2) is 0 Å². The summed E-state index contributed by atoms with van der Waals surface area (Å²) in [5.41, 5.74) is 7.40. The third-order valence-corrected chi connectivity index (χ3v) is 3.72. The van der Waals surface area contributed by atoms with Crippen LogP contribution in [-0.4, -0.2) is 15.2 Å². The van der Waals surface area contributed by atoms with Crippen LogP contribution in [0.2, 0.25) is 0 Å². The highest BCUT2D eigenvalue weighted by atomic mass is 32.2. The summed E-state index contributed by atoms with van der Waals surface area (Å²) in [6, 6.07) is 11.6. The highest BCUT2D eigenvalue weighted by molar-refractivity contribution is 7.98. The lowest BCUT2D eigenvalue weighted by Gasteiger charge is -2.01. The fourth-order valence-corrected chi connectivity index (χ4v) is 2.45. The second-order valence-electron chi connectivity index (χ2n) is 4.07. The van der Waals surface area contributed by atoms with E-state index in [2.05, 4.69) is 15.2 Å². The number of pyridine rings is 1. The summed E-state index contributed by atoms with van der Waals surface area (Å²) in [5.74, 6) is 1.68. The largest absolute Gasteiger partial charge is 0.420 e. The minimum Gasteiger partial charge on any atom is -0.420 e. The molecule has 2 aromatic heterocycles. The predicted molar refractivity (Wildman–Crippen MR) is 77.9 cm³/mol. The van der Waals surface area contributed by atoms with Crippen molar-refractivity contribution in [1.82, 2.24) is 15.2 Å². The smallest absolute Gasteiger partial charge is 0.247 e. The molecule has 0 unspecified atom stereocenters. The molecule has 100 valence electrons. The lowest BCUT2D eigenvalue weighted by molar-refractivity contribution is 0.528. The zero-order valence-corrected chi connectivity index (χ0v) is 11.4. The summed E-state index contributed by atoms with van der Waals surface area (Å²) >= 11 is 1.55. The van der Waals surface area contributed by atoms with Crippen molar-refractivity contribution in [3.63, 3.8) is 0 Å². The van der Waals surface area contributed by atoms with Crippen LogP contribution in [0.25, 0.3) is 11.5 Å². The zero-order chi connectivity index (χ0) is 13.8. The second kappa shape index (κ2) is 5.75. The fraction of sp³-hybridized carbons (Fsp3) is 0.0714. The summed E-state index contributed by atoms with van der Waals surface area (Å²) in [4.78, 5) is 4.91. The van der Waals surface area contributed by atoms with Crippen LogP contribution in [0, 0.1) is 0 Å². The Kier molecular flexibility index (Phi) is 3.64. The molecule has 0 saturated heterocycles. The zero-order valence-electron chi connectivity index (χ0n) is 10.6. The van der Waals surface area contributed by atoms with Crippen LogP contribution in [0.15, 0.2) is 58.1 Å². The van der Waals surface area contributed by atoms with E-state index in [9.17, 15) is 0 Å². The van der Waals surface area contributed by atoms with Crippen molar-refractivity contribution in [2.24, 2.45) is 0 Å². The quantitative estimate of drug-likeness (QED) is 0.742. The lowest BCUT2D eigenvalue weighted by atomic mass is 10.2.